The molecule has 4 heteroatoms. The van der Waals surface area contributed by atoms with E-state index in [9.17, 15) is 9.90 Å². The van der Waals surface area contributed by atoms with Gasteiger partial charge in [-0.1, -0.05) is 6.92 Å². The highest BCUT2D eigenvalue weighted by Crippen LogP contribution is 2.24. The maximum Gasteiger partial charge on any atom is 0.254 e. The first-order valence-corrected chi connectivity index (χ1v) is 7.79. The van der Waals surface area contributed by atoms with Crippen LogP contribution in [0.5, 0.6) is 0 Å². The summed E-state index contributed by atoms with van der Waals surface area (Å²) < 4.78 is 0. The molecule has 0 saturated carbocycles. The minimum Gasteiger partial charge on any atom is -0.390 e. The third-order valence-corrected chi connectivity index (χ3v) is 4.16. The largest absolute Gasteiger partial charge is 0.390 e. The van der Waals surface area contributed by atoms with Gasteiger partial charge in [-0.3, -0.25) is 4.79 Å². The molecule has 21 heavy (non-hydrogen) atoms. The van der Waals surface area contributed by atoms with Crippen molar-refractivity contribution in [2.45, 2.75) is 45.6 Å². The number of anilines is 1. The van der Waals surface area contributed by atoms with Gasteiger partial charge in [0, 0.05) is 30.9 Å². The molecule has 0 radical (unpaired) electrons. The predicted molar refractivity (Wildman–Crippen MR) is 85.7 cm³/mol. The Morgan fingerprint density at radius 2 is 2.05 bits per heavy atom. The third kappa shape index (κ3) is 3.97. The number of aryl methyl sites for hydroxylation is 1. The van der Waals surface area contributed by atoms with Crippen molar-refractivity contribution in [3.8, 4) is 0 Å². The summed E-state index contributed by atoms with van der Waals surface area (Å²) in [5.74, 6) is 0.0741. The SMILES string of the molecule is CCCNc1ccc(C(=O)N2CCC(C)(O)CC2)c(C)c1. The minimum atomic E-state index is -0.625. The van der Waals surface area contributed by atoms with Crippen LogP contribution in [0.15, 0.2) is 18.2 Å². The summed E-state index contributed by atoms with van der Waals surface area (Å²) in [6.45, 7) is 8.14. The number of hydrogen-bond donors (Lipinski definition) is 2. The normalized spacial score (nSPS) is 17.6. The van der Waals surface area contributed by atoms with Crippen molar-refractivity contribution in [1.29, 1.82) is 0 Å². The van der Waals surface area contributed by atoms with Crippen molar-refractivity contribution in [3.63, 3.8) is 0 Å². The number of carbonyl (C=O) groups excluding carboxylic acids is 1. The highest BCUT2D eigenvalue weighted by atomic mass is 16.3. The highest BCUT2D eigenvalue weighted by molar-refractivity contribution is 5.96. The van der Waals surface area contributed by atoms with Gasteiger partial charge < -0.3 is 15.3 Å². The highest BCUT2D eigenvalue weighted by Gasteiger charge is 2.30. The molecule has 0 unspecified atom stereocenters. The average Bonchev–Trinajstić information content (AvgIpc) is 2.44. The Morgan fingerprint density at radius 1 is 1.38 bits per heavy atom. The van der Waals surface area contributed by atoms with E-state index in [1.807, 2.05) is 36.9 Å². The minimum absolute atomic E-state index is 0.0741. The maximum absolute atomic E-state index is 12.6. The number of benzene rings is 1. The fourth-order valence-electron chi connectivity index (χ4n) is 2.64. The Bertz CT molecular complexity index is 502. The lowest BCUT2D eigenvalue weighted by atomic mass is 9.93. The number of rotatable bonds is 4. The summed E-state index contributed by atoms with van der Waals surface area (Å²) in [4.78, 5) is 14.4. The smallest absolute Gasteiger partial charge is 0.254 e. The Kier molecular flexibility index (Phi) is 4.88. The van der Waals surface area contributed by atoms with E-state index < -0.39 is 5.60 Å². The van der Waals surface area contributed by atoms with Crippen LogP contribution in [0.2, 0.25) is 0 Å². The van der Waals surface area contributed by atoms with Crippen LogP contribution < -0.4 is 5.32 Å². The lowest BCUT2D eigenvalue weighted by molar-refractivity contribution is -0.00203. The lowest BCUT2D eigenvalue weighted by Crippen LogP contribution is -2.45. The summed E-state index contributed by atoms with van der Waals surface area (Å²) in [5, 5.41) is 13.3. The summed E-state index contributed by atoms with van der Waals surface area (Å²) in [6.07, 6.45) is 2.37. The summed E-state index contributed by atoms with van der Waals surface area (Å²) in [7, 11) is 0. The van der Waals surface area contributed by atoms with Gasteiger partial charge in [-0.2, -0.15) is 0 Å². The number of piperidine rings is 1. The topological polar surface area (TPSA) is 52.6 Å². The molecular formula is C17H26N2O2. The molecule has 2 rings (SSSR count). The molecule has 1 amide bonds. The molecule has 1 aliphatic rings. The van der Waals surface area contributed by atoms with E-state index in [1.165, 1.54) is 0 Å². The van der Waals surface area contributed by atoms with Crippen molar-refractivity contribution in [1.82, 2.24) is 4.90 Å². The van der Waals surface area contributed by atoms with Gasteiger partial charge >= 0.3 is 0 Å². The molecular weight excluding hydrogens is 264 g/mol. The monoisotopic (exact) mass is 290 g/mol. The fourth-order valence-corrected chi connectivity index (χ4v) is 2.64. The Balaban J connectivity index is 2.06. The standard InChI is InChI=1S/C17H26N2O2/c1-4-9-18-14-5-6-15(13(2)12-14)16(20)19-10-7-17(3,21)8-11-19/h5-6,12,18,21H,4,7-11H2,1-3H3. The third-order valence-electron chi connectivity index (χ3n) is 4.16. The first-order chi connectivity index (χ1) is 9.93. The van der Waals surface area contributed by atoms with Crippen molar-refractivity contribution in [2.24, 2.45) is 0 Å². The average molecular weight is 290 g/mol. The van der Waals surface area contributed by atoms with Crippen LogP contribution in [0, 0.1) is 6.92 Å². The van der Waals surface area contributed by atoms with Gasteiger partial charge in [0.2, 0.25) is 0 Å². The maximum atomic E-state index is 12.6. The first kappa shape index (κ1) is 15.8. The molecule has 1 saturated heterocycles. The second-order valence-corrected chi connectivity index (χ2v) is 6.25. The van der Waals surface area contributed by atoms with Crippen molar-refractivity contribution in [2.75, 3.05) is 25.0 Å². The van der Waals surface area contributed by atoms with Gasteiger partial charge in [0.25, 0.3) is 5.91 Å². The molecule has 1 heterocycles. The molecule has 1 aromatic rings. The Morgan fingerprint density at radius 3 is 2.62 bits per heavy atom. The van der Waals surface area contributed by atoms with Gasteiger partial charge in [-0.05, 0) is 56.9 Å². The number of carbonyl (C=O) groups is 1. The van der Waals surface area contributed by atoms with Gasteiger partial charge in [0.15, 0.2) is 0 Å². The van der Waals surface area contributed by atoms with Gasteiger partial charge in [-0.25, -0.2) is 0 Å². The number of nitrogens with zero attached hydrogens (tertiary/aromatic N) is 1. The van der Waals surface area contributed by atoms with E-state index in [4.69, 9.17) is 0 Å². The summed E-state index contributed by atoms with van der Waals surface area (Å²) in [5.41, 5.74) is 2.20. The second kappa shape index (κ2) is 6.48. The number of nitrogens with one attached hydrogen (secondary N) is 1. The van der Waals surface area contributed by atoms with E-state index >= 15 is 0 Å². The molecule has 0 bridgehead atoms. The van der Waals surface area contributed by atoms with Crippen LogP contribution in [0.3, 0.4) is 0 Å². The number of amides is 1. The summed E-state index contributed by atoms with van der Waals surface area (Å²) >= 11 is 0. The zero-order valence-electron chi connectivity index (χ0n) is 13.3. The first-order valence-electron chi connectivity index (χ1n) is 7.79. The lowest BCUT2D eigenvalue weighted by Gasteiger charge is -2.36. The number of aliphatic hydroxyl groups is 1. The second-order valence-electron chi connectivity index (χ2n) is 6.25. The zero-order valence-corrected chi connectivity index (χ0v) is 13.3. The van der Waals surface area contributed by atoms with E-state index in [0.29, 0.717) is 25.9 Å². The molecule has 0 aliphatic carbocycles. The molecule has 0 aromatic heterocycles. The van der Waals surface area contributed by atoms with E-state index in [1.54, 1.807) is 0 Å². The molecule has 1 aliphatic heterocycles. The molecule has 1 fully saturated rings. The van der Waals surface area contributed by atoms with Crippen molar-refractivity contribution < 1.29 is 9.90 Å². The van der Waals surface area contributed by atoms with Gasteiger partial charge in [0.1, 0.15) is 0 Å². The van der Waals surface area contributed by atoms with Crippen LogP contribution in [0.4, 0.5) is 5.69 Å². The van der Waals surface area contributed by atoms with E-state index in [2.05, 4.69) is 12.2 Å². The summed E-state index contributed by atoms with van der Waals surface area (Å²) in [6, 6.07) is 5.90. The fraction of sp³-hybridized carbons (Fsp3) is 0.588. The van der Waals surface area contributed by atoms with Crippen LogP contribution in [0.25, 0.3) is 0 Å². The van der Waals surface area contributed by atoms with Gasteiger partial charge in [-0.15, -0.1) is 0 Å². The number of likely N-dealkylation sites (tertiary alicyclic amines) is 1. The Labute approximate surface area is 127 Å². The molecule has 0 atom stereocenters. The van der Waals surface area contributed by atoms with Crippen LogP contribution >= 0.6 is 0 Å². The van der Waals surface area contributed by atoms with Crippen LogP contribution in [0.1, 0.15) is 49.0 Å². The van der Waals surface area contributed by atoms with Crippen LogP contribution in [-0.4, -0.2) is 41.1 Å². The molecule has 116 valence electrons. The zero-order chi connectivity index (χ0) is 15.5. The molecule has 2 N–H and O–H groups in total. The van der Waals surface area contributed by atoms with E-state index in [0.717, 1.165) is 29.8 Å². The van der Waals surface area contributed by atoms with Crippen LogP contribution in [-0.2, 0) is 0 Å². The van der Waals surface area contributed by atoms with Gasteiger partial charge in [0.05, 0.1) is 5.60 Å². The molecule has 1 aromatic carbocycles. The molecule has 4 nitrogen and oxygen atoms in total. The molecule has 0 spiro atoms. The van der Waals surface area contributed by atoms with E-state index in [-0.39, 0.29) is 5.91 Å². The Hall–Kier alpha value is -1.55. The number of hydrogen-bond acceptors (Lipinski definition) is 3. The van der Waals surface area contributed by atoms with Crippen molar-refractivity contribution >= 4 is 11.6 Å². The quantitative estimate of drug-likeness (QED) is 0.896. The predicted octanol–water partition coefficient (Wildman–Crippen LogP) is 2.80. The van der Waals surface area contributed by atoms with Crippen molar-refractivity contribution in [3.05, 3.63) is 29.3 Å².